The first-order chi connectivity index (χ1) is 7.09. The molecule has 0 spiro atoms. The van der Waals surface area contributed by atoms with Crippen LogP contribution < -0.4 is 5.73 Å². The molecule has 4 rings (SSSR count). The van der Waals surface area contributed by atoms with Crippen LogP contribution in [-0.2, 0) is 0 Å². The van der Waals surface area contributed by atoms with Crippen LogP contribution in [0.25, 0.3) is 5.57 Å². The van der Waals surface area contributed by atoms with Gasteiger partial charge in [0.05, 0.1) is 0 Å². The first kappa shape index (κ1) is 9.01. The van der Waals surface area contributed by atoms with Gasteiger partial charge < -0.3 is 10.3 Å². The van der Waals surface area contributed by atoms with E-state index in [-0.39, 0.29) is 0 Å². The summed E-state index contributed by atoms with van der Waals surface area (Å²) in [5, 5.41) is 4.01. The molecule has 15 heavy (non-hydrogen) atoms. The van der Waals surface area contributed by atoms with E-state index in [2.05, 4.69) is 25.1 Å². The molecule has 0 radical (unpaired) electrons. The van der Waals surface area contributed by atoms with Gasteiger partial charge in [0.25, 0.3) is 0 Å². The van der Waals surface area contributed by atoms with E-state index in [1.165, 1.54) is 18.4 Å². The Labute approximate surface area is 89.3 Å². The third-order valence-electron chi connectivity index (χ3n) is 4.29. The van der Waals surface area contributed by atoms with Crippen LogP contribution in [0.1, 0.15) is 32.4 Å². The number of anilines is 1. The van der Waals surface area contributed by atoms with Crippen molar-refractivity contribution < 1.29 is 4.52 Å². The molecule has 0 amide bonds. The minimum atomic E-state index is 0.408. The Bertz CT molecular complexity index is 431. The third-order valence-corrected chi connectivity index (χ3v) is 4.29. The van der Waals surface area contributed by atoms with Crippen molar-refractivity contribution in [1.29, 1.82) is 0 Å². The Kier molecular flexibility index (Phi) is 1.59. The van der Waals surface area contributed by atoms with E-state index in [9.17, 15) is 0 Å². The van der Waals surface area contributed by atoms with Crippen LogP contribution in [0.4, 0.5) is 5.88 Å². The summed E-state index contributed by atoms with van der Waals surface area (Å²) >= 11 is 0. The number of nitrogens with two attached hydrogens (primary N) is 1. The van der Waals surface area contributed by atoms with Crippen LogP contribution >= 0.6 is 0 Å². The van der Waals surface area contributed by atoms with Gasteiger partial charge in [-0.3, -0.25) is 0 Å². The number of nitrogen functional groups attached to an aromatic ring is 1. The van der Waals surface area contributed by atoms with Crippen molar-refractivity contribution in [2.75, 3.05) is 5.73 Å². The third kappa shape index (κ3) is 1.09. The molecule has 2 N–H and O–H groups in total. The molecule has 1 aromatic rings. The van der Waals surface area contributed by atoms with Crippen LogP contribution in [0.3, 0.4) is 0 Å². The quantitative estimate of drug-likeness (QED) is 0.765. The summed E-state index contributed by atoms with van der Waals surface area (Å²) in [6, 6.07) is 1.83. The van der Waals surface area contributed by atoms with Crippen LogP contribution in [-0.4, -0.2) is 5.16 Å². The highest BCUT2D eigenvalue weighted by atomic mass is 16.5. The van der Waals surface area contributed by atoms with Crippen molar-refractivity contribution >= 4 is 11.5 Å². The number of nitrogens with zero attached hydrogens (tertiary/aromatic N) is 1. The lowest BCUT2D eigenvalue weighted by atomic mass is 9.48. The topological polar surface area (TPSA) is 52.0 Å². The molecule has 3 aliphatic rings. The Hall–Kier alpha value is -1.25. The van der Waals surface area contributed by atoms with Gasteiger partial charge in [-0.15, -0.1) is 0 Å². The fourth-order valence-corrected chi connectivity index (χ4v) is 3.06. The van der Waals surface area contributed by atoms with Gasteiger partial charge in [0.15, 0.2) is 0 Å². The fraction of sp³-hybridized carbons (Fsp3) is 0.583. The second-order valence-corrected chi connectivity index (χ2v) is 5.32. The number of hydrogen-bond donors (Lipinski definition) is 1. The van der Waals surface area contributed by atoms with Crippen molar-refractivity contribution in [2.45, 2.75) is 26.7 Å². The smallest absolute Gasteiger partial charge is 0.222 e. The van der Waals surface area contributed by atoms with E-state index in [1.54, 1.807) is 0 Å². The molecule has 3 aliphatic carbocycles. The zero-order chi connectivity index (χ0) is 10.6. The molecule has 0 aromatic carbocycles. The first-order valence-corrected chi connectivity index (χ1v) is 5.51. The molecule has 2 atom stereocenters. The summed E-state index contributed by atoms with van der Waals surface area (Å²) in [5.74, 6) is 1.90. The lowest BCUT2D eigenvalue weighted by Gasteiger charge is -2.56. The second kappa shape index (κ2) is 2.65. The van der Waals surface area contributed by atoms with Crippen molar-refractivity contribution in [1.82, 2.24) is 5.16 Å². The number of hydrogen-bond acceptors (Lipinski definition) is 3. The monoisotopic (exact) mass is 204 g/mol. The van der Waals surface area contributed by atoms with Crippen LogP contribution in [0.2, 0.25) is 0 Å². The maximum absolute atomic E-state index is 5.55. The summed E-state index contributed by atoms with van der Waals surface area (Å²) in [5.41, 5.74) is 8.25. The average molecular weight is 204 g/mol. The Balaban J connectivity index is 1.98. The van der Waals surface area contributed by atoms with Crippen molar-refractivity contribution in [3.8, 4) is 0 Å². The summed E-state index contributed by atoms with van der Waals surface area (Å²) in [6.45, 7) is 4.70. The van der Waals surface area contributed by atoms with E-state index >= 15 is 0 Å². The Morgan fingerprint density at radius 2 is 2.33 bits per heavy atom. The standard InChI is InChI=1S/C12H16N2O/c1-12(2)7-3-4-8(9(12)5-7)10-6-11(13)15-14-10/h4,6-7,9H,3,5,13H2,1-2H3. The SMILES string of the molecule is CC1(C)C2CC=C(c3cc(N)on3)C1C2. The molecule has 2 bridgehead atoms. The molecule has 3 nitrogen and oxygen atoms in total. The van der Waals surface area contributed by atoms with Crippen molar-refractivity contribution in [3.05, 3.63) is 17.8 Å². The molecule has 0 saturated heterocycles. The van der Waals surface area contributed by atoms with Gasteiger partial charge in [0.2, 0.25) is 5.88 Å². The minimum Gasteiger partial charge on any atom is -0.368 e. The van der Waals surface area contributed by atoms with Crippen molar-refractivity contribution in [3.63, 3.8) is 0 Å². The van der Waals surface area contributed by atoms with Crippen LogP contribution in [0, 0.1) is 17.3 Å². The molecule has 3 heteroatoms. The van der Waals surface area contributed by atoms with E-state index in [0.717, 1.165) is 11.6 Å². The molecule has 1 fully saturated rings. The predicted molar refractivity (Wildman–Crippen MR) is 58.9 cm³/mol. The van der Waals surface area contributed by atoms with Gasteiger partial charge in [0.1, 0.15) is 5.69 Å². The summed E-state index contributed by atoms with van der Waals surface area (Å²) in [7, 11) is 0. The molecule has 1 heterocycles. The van der Waals surface area contributed by atoms with Crippen molar-refractivity contribution in [2.24, 2.45) is 17.3 Å². The number of rotatable bonds is 1. The lowest BCUT2D eigenvalue weighted by molar-refractivity contribution is 0.0109. The highest BCUT2D eigenvalue weighted by molar-refractivity contribution is 5.69. The van der Waals surface area contributed by atoms with Gasteiger partial charge in [0, 0.05) is 6.07 Å². The molecule has 2 unspecified atom stereocenters. The largest absolute Gasteiger partial charge is 0.368 e. The normalized spacial score (nSPS) is 32.0. The predicted octanol–water partition coefficient (Wildman–Crippen LogP) is 2.71. The fourth-order valence-electron chi connectivity index (χ4n) is 3.06. The maximum Gasteiger partial charge on any atom is 0.222 e. The zero-order valence-corrected chi connectivity index (χ0v) is 9.16. The summed E-state index contributed by atoms with van der Waals surface area (Å²) in [4.78, 5) is 0. The molecule has 80 valence electrons. The van der Waals surface area contributed by atoms with Gasteiger partial charge in [-0.2, -0.15) is 0 Å². The minimum absolute atomic E-state index is 0.408. The highest BCUT2D eigenvalue weighted by Gasteiger charge is 2.51. The first-order valence-electron chi connectivity index (χ1n) is 5.51. The molecule has 1 aromatic heterocycles. The molecule has 0 aliphatic heterocycles. The van der Waals surface area contributed by atoms with Crippen LogP contribution in [0.15, 0.2) is 16.7 Å². The highest BCUT2D eigenvalue weighted by Crippen LogP contribution is 2.61. The van der Waals surface area contributed by atoms with E-state index in [0.29, 0.717) is 17.2 Å². The lowest BCUT2D eigenvalue weighted by Crippen LogP contribution is -2.47. The number of fused-ring (bicyclic) bond motifs is 1. The van der Waals surface area contributed by atoms with Gasteiger partial charge in [-0.25, -0.2) is 0 Å². The molecular formula is C12H16N2O. The van der Waals surface area contributed by atoms with Gasteiger partial charge in [-0.05, 0) is 35.7 Å². The zero-order valence-electron chi connectivity index (χ0n) is 9.16. The summed E-state index contributed by atoms with van der Waals surface area (Å²) in [6.07, 6.45) is 4.78. The average Bonchev–Trinajstić information content (AvgIpc) is 2.64. The maximum atomic E-state index is 5.55. The van der Waals surface area contributed by atoms with E-state index in [1.807, 2.05) is 6.07 Å². The second-order valence-electron chi connectivity index (χ2n) is 5.32. The Morgan fingerprint density at radius 1 is 1.53 bits per heavy atom. The Morgan fingerprint density at radius 3 is 2.87 bits per heavy atom. The summed E-state index contributed by atoms with van der Waals surface area (Å²) < 4.78 is 4.94. The van der Waals surface area contributed by atoms with Gasteiger partial charge >= 0.3 is 0 Å². The number of allylic oxidation sites excluding steroid dienone is 2. The van der Waals surface area contributed by atoms with E-state index < -0.39 is 0 Å². The van der Waals surface area contributed by atoms with Crippen LogP contribution in [0.5, 0.6) is 0 Å². The number of aromatic nitrogens is 1. The molecule has 1 saturated carbocycles. The molecular weight excluding hydrogens is 188 g/mol. The van der Waals surface area contributed by atoms with E-state index in [4.69, 9.17) is 10.3 Å². The van der Waals surface area contributed by atoms with Gasteiger partial charge in [-0.1, -0.05) is 25.1 Å².